The highest BCUT2D eigenvalue weighted by Gasteiger charge is 2.34. The Kier molecular flexibility index (Phi) is 9.57. The maximum absolute atomic E-state index is 13.7. The van der Waals surface area contributed by atoms with E-state index in [2.05, 4.69) is 22.4 Å². The minimum atomic E-state index is -4.40. The zero-order valence-corrected chi connectivity index (χ0v) is 19.1. The van der Waals surface area contributed by atoms with Gasteiger partial charge in [0.05, 0.1) is 11.5 Å². The zero-order chi connectivity index (χ0) is 22.8. The lowest BCUT2D eigenvalue weighted by Gasteiger charge is -2.18. The number of alkyl halides is 3. The Morgan fingerprint density at radius 1 is 1.03 bits per heavy atom. The molecule has 1 saturated heterocycles. The summed E-state index contributed by atoms with van der Waals surface area (Å²) >= 11 is 0. The third kappa shape index (κ3) is 7.32. The van der Waals surface area contributed by atoms with Gasteiger partial charge in [0.15, 0.2) is 0 Å². The number of hydrogen-bond donors (Lipinski definition) is 1. The summed E-state index contributed by atoms with van der Waals surface area (Å²) in [6, 6.07) is 4.45. The monoisotopic (exact) mass is 451 g/mol. The molecule has 1 aromatic heterocycles. The first-order valence-corrected chi connectivity index (χ1v) is 12.2. The van der Waals surface area contributed by atoms with Crippen LogP contribution in [0.3, 0.4) is 0 Å². The van der Waals surface area contributed by atoms with Gasteiger partial charge >= 0.3 is 6.18 Å². The van der Waals surface area contributed by atoms with E-state index in [1.54, 1.807) is 12.1 Å². The Morgan fingerprint density at radius 3 is 2.41 bits per heavy atom. The maximum atomic E-state index is 13.7. The summed E-state index contributed by atoms with van der Waals surface area (Å²) in [5.41, 5.74) is 0.122. The molecule has 1 fully saturated rings. The first kappa shape index (κ1) is 24.7. The predicted octanol–water partition coefficient (Wildman–Crippen LogP) is 7.30. The minimum absolute atomic E-state index is 0.123. The van der Waals surface area contributed by atoms with E-state index >= 15 is 0 Å². The summed E-state index contributed by atoms with van der Waals surface area (Å²) < 4.78 is 46.6. The molecule has 0 unspecified atom stereocenters. The predicted molar refractivity (Wildman–Crippen MR) is 121 cm³/mol. The summed E-state index contributed by atoms with van der Waals surface area (Å²) in [5.74, 6) is 0.850. The van der Waals surface area contributed by atoms with Gasteiger partial charge in [-0.05, 0) is 43.9 Å². The van der Waals surface area contributed by atoms with Crippen LogP contribution in [0.1, 0.15) is 100 Å². The highest BCUT2D eigenvalue weighted by Crippen LogP contribution is 2.35. The molecule has 2 heterocycles. The number of benzene rings is 1. The summed E-state index contributed by atoms with van der Waals surface area (Å²) in [6.45, 7) is 3.93. The van der Waals surface area contributed by atoms with Crippen molar-refractivity contribution in [3.63, 3.8) is 0 Å². The maximum Gasteiger partial charge on any atom is 0.416 e. The Bertz CT molecular complexity index is 813. The number of piperidine rings is 1. The van der Waals surface area contributed by atoms with Crippen molar-refractivity contribution in [1.82, 2.24) is 15.5 Å². The van der Waals surface area contributed by atoms with Gasteiger partial charge in [0.1, 0.15) is 0 Å². The summed E-state index contributed by atoms with van der Waals surface area (Å²) in [6.07, 6.45) is 8.33. The largest absolute Gasteiger partial charge is 0.416 e. The number of nitrogens with zero attached hydrogens (tertiary/aromatic N) is 2. The molecule has 0 aliphatic carbocycles. The molecular weight excluding hydrogens is 415 g/mol. The molecule has 0 radical (unpaired) electrons. The van der Waals surface area contributed by atoms with Crippen LogP contribution in [0.2, 0.25) is 0 Å². The highest BCUT2D eigenvalue weighted by atomic mass is 19.4. The fourth-order valence-electron chi connectivity index (χ4n) is 4.40. The summed E-state index contributed by atoms with van der Waals surface area (Å²) in [5, 5.41) is 7.24. The summed E-state index contributed by atoms with van der Waals surface area (Å²) in [4.78, 5) is 4.39. The van der Waals surface area contributed by atoms with Gasteiger partial charge in [-0.1, -0.05) is 75.6 Å². The van der Waals surface area contributed by atoms with Gasteiger partial charge in [-0.3, -0.25) is 0 Å². The normalized spacial score (nSPS) is 17.1. The van der Waals surface area contributed by atoms with Crippen molar-refractivity contribution in [2.24, 2.45) is 0 Å². The van der Waals surface area contributed by atoms with Gasteiger partial charge in [0.25, 0.3) is 0 Å². The lowest BCUT2D eigenvalue weighted by molar-refractivity contribution is -0.138. The number of unbranched alkanes of at least 4 members (excludes halogenated alkanes) is 8. The Morgan fingerprint density at radius 2 is 1.75 bits per heavy atom. The van der Waals surface area contributed by atoms with E-state index in [1.165, 1.54) is 44.6 Å². The van der Waals surface area contributed by atoms with E-state index < -0.39 is 11.7 Å². The van der Waals surface area contributed by atoms with Crippen molar-refractivity contribution < 1.29 is 17.7 Å². The van der Waals surface area contributed by atoms with E-state index in [0.29, 0.717) is 23.4 Å². The number of halogens is 3. The van der Waals surface area contributed by atoms with Crippen molar-refractivity contribution in [2.75, 3.05) is 13.1 Å². The first-order chi connectivity index (χ1) is 15.5. The molecular formula is C25H36F3N3O. The lowest BCUT2D eigenvalue weighted by atomic mass is 9.97. The minimum Gasteiger partial charge on any atom is -0.339 e. The van der Waals surface area contributed by atoms with Crippen LogP contribution in [0.4, 0.5) is 13.2 Å². The Hall–Kier alpha value is -1.89. The number of nitrogens with one attached hydrogen (secondary N) is 1. The molecule has 1 aliphatic heterocycles. The SMILES string of the molecule is CCCCCCCCCCCc1ccc(-c2noc([C@@H]3CCCNC3)n2)cc1C(F)(F)F. The molecule has 7 heteroatoms. The van der Waals surface area contributed by atoms with Gasteiger partial charge in [0, 0.05) is 12.1 Å². The number of rotatable bonds is 12. The van der Waals surface area contributed by atoms with Crippen LogP contribution >= 0.6 is 0 Å². The van der Waals surface area contributed by atoms with Crippen LogP contribution in [-0.2, 0) is 12.6 Å². The van der Waals surface area contributed by atoms with Crippen LogP contribution in [0.15, 0.2) is 22.7 Å². The van der Waals surface area contributed by atoms with Crippen molar-refractivity contribution in [2.45, 2.75) is 96.1 Å². The van der Waals surface area contributed by atoms with Crippen LogP contribution in [0.25, 0.3) is 11.4 Å². The molecule has 2 aromatic rings. The van der Waals surface area contributed by atoms with Crippen LogP contribution in [0, 0.1) is 0 Å². The second-order valence-corrected chi connectivity index (χ2v) is 8.95. The number of aryl methyl sites for hydroxylation is 1. The van der Waals surface area contributed by atoms with Crippen molar-refractivity contribution in [1.29, 1.82) is 0 Å². The molecule has 3 rings (SSSR count). The Balaban J connectivity index is 1.57. The van der Waals surface area contributed by atoms with E-state index in [1.807, 2.05) is 0 Å². The molecule has 178 valence electrons. The van der Waals surface area contributed by atoms with E-state index in [9.17, 15) is 13.2 Å². The highest BCUT2D eigenvalue weighted by molar-refractivity contribution is 5.57. The molecule has 0 spiro atoms. The van der Waals surface area contributed by atoms with Crippen LogP contribution in [0.5, 0.6) is 0 Å². The second-order valence-electron chi connectivity index (χ2n) is 8.95. The van der Waals surface area contributed by atoms with Crippen LogP contribution < -0.4 is 5.32 Å². The van der Waals surface area contributed by atoms with Crippen molar-refractivity contribution in [3.05, 3.63) is 35.2 Å². The first-order valence-electron chi connectivity index (χ1n) is 12.2. The zero-order valence-electron chi connectivity index (χ0n) is 19.1. The topological polar surface area (TPSA) is 51.0 Å². The number of aromatic nitrogens is 2. The standard InChI is InChI=1S/C25H36F3N3O/c1-2-3-4-5-6-7-8-9-10-12-19-14-15-20(17-22(19)25(26,27)28)23-30-24(32-31-23)21-13-11-16-29-18-21/h14-15,17,21,29H,2-13,16,18H2,1H3/t21-/m1/s1. The van der Waals surface area contributed by atoms with Gasteiger partial charge in [-0.25, -0.2) is 0 Å². The van der Waals surface area contributed by atoms with Gasteiger partial charge in [-0.15, -0.1) is 0 Å². The molecule has 32 heavy (non-hydrogen) atoms. The molecule has 0 saturated carbocycles. The van der Waals surface area contributed by atoms with Gasteiger partial charge < -0.3 is 9.84 Å². The number of hydrogen-bond acceptors (Lipinski definition) is 4. The fourth-order valence-corrected chi connectivity index (χ4v) is 4.40. The van der Waals surface area contributed by atoms with Gasteiger partial charge in [-0.2, -0.15) is 18.2 Å². The molecule has 1 atom stereocenters. The molecule has 1 N–H and O–H groups in total. The van der Waals surface area contributed by atoms with E-state index in [0.717, 1.165) is 45.2 Å². The Labute approximate surface area is 189 Å². The third-order valence-corrected chi connectivity index (χ3v) is 6.31. The van der Waals surface area contributed by atoms with E-state index in [-0.39, 0.29) is 11.7 Å². The lowest BCUT2D eigenvalue weighted by Crippen LogP contribution is -2.28. The summed E-state index contributed by atoms with van der Waals surface area (Å²) in [7, 11) is 0. The fraction of sp³-hybridized carbons (Fsp3) is 0.680. The third-order valence-electron chi connectivity index (χ3n) is 6.31. The van der Waals surface area contributed by atoms with Crippen molar-refractivity contribution in [3.8, 4) is 11.4 Å². The molecule has 1 aromatic carbocycles. The quantitative estimate of drug-likeness (QED) is 0.344. The smallest absolute Gasteiger partial charge is 0.339 e. The molecule has 0 amide bonds. The van der Waals surface area contributed by atoms with Gasteiger partial charge in [0.2, 0.25) is 11.7 Å². The molecule has 4 nitrogen and oxygen atoms in total. The van der Waals surface area contributed by atoms with Crippen molar-refractivity contribution >= 4 is 0 Å². The van der Waals surface area contributed by atoms with Crippen LogP contribution in [-0.4, -0.2) is 23.2 Å². The average molecular weight is 452 g/mol. The second kappa shape index (κ2) is 12.4. The molecule has 0 bridgehead atoms. The average Bonchev–Trinajstić information content (AvgIpc) is 3.28. The van der Waals surface area contributed by atoms with E-state index in [4.69, 9.17) is 4.52 Å². The molecule has 1 aliphatic rings.